The molecule has 1 aliphatic carbocycles. The third-order valence-electron chi connectivity index (χ3n) is 6.75. The van der Waals surface area contributed by atoms with Gasteiger partial charge in [-0.05, 0) is 56.7 Å². The highest BCUT2D eigenvalue weighted by atomic mass is 19.4. The van der Waals surface area contributed by atoms with Gasteiger partial charge in [0.05, 0.1) is 19.3 Å². The second-order valence-electron chi connectivity index (χ2n) is 10.2. The van der Waals surface area contributed by atoms with Crippen LogP contribution in [0.4, 0.5) is 13.2 Å². The maximum atomic E-state index is 11.4. The van der Waals surface area contributed by atoms with Crippen molar-refractivity contribution in [2.24, 2.45) is 5.92 Å². The molecule has 0 saturated heterocycles. The molecule has 2 atom stereocenters. The number of carbonyl (C=O) groups is 2. The number of halogens is 3. The summed E-state index contributed by atoms with van der Waals surface area (Å²) in [7, 11) is 0. The van der Waals surface area contributed by atoms with Gasteiger partial charge in [-0.1, -0.05) is 54.4 Å². The Balaban J connectivity index is 0.000000587. The fraction of sp³-hybridized carbons (Fsp3) is 0.433. The first kappa shape index (κ1) is 31.8. The molecule has 1 fully saturated rings. The minimum absolute atomic E-state index is 0.0524. The van der Waals surface area contributed by atoms with Gasteiger partial charge in [-0.15, -0.1) is 0 Å². The fourth-order valence-electron chi connectivity index (χ4n) is 4.72. The lowest BCUT2D eigenvalue weighted by Gasteiger charge is -2.32. The van der Waals surface area contributed by atoms with Crippen LogP contribution in [0.5, 0.6) is 0 Å². The van der Waals surface area contributed by atoms with E-state index in [9.17, 15) is 23.1 Å². The fourth-order valence-corrected chi connectivity index (χ4v) is 4.72. The lowest BCUT2D eigenvalue weighted by molar-refractivity contribution is -0.192. The number of aliphatic carboxylic acids is 2. The summed E-state index contributed by atoms with van der Waals surface area (Å²) in [6.07, 6.45) is -0.775. The van der Waals surface area contributed by atoms with Gasteiger partial charge >= 0.3 is 18.1 Å². The first-order chi connectivity index (χ1) is 19.4. The van der Waals surface area contributed by atoms with Gasteiger partial charge in [-0.25, -0.2) is 9.78 Å². The lowest BCUT2D eigenvalue weighted by Crippen LogP contribution is -2.36. The van der Waals surface area contributed by atoms with Crippen molar-refractivity contribution in [2.45, 2.75) is 65.0 Å². The molecule has 11 heteroatoms. The van der Waals surface area contributed by atoms with E-state index in [0.717, 1.165) is 54.8 Å². The summed E-state index contributed by atoms with van der Waals surface area (Å²) in [5.41, 5.74) is 4.15. The SMILES string of the molecule is Cc1ccc(-c2nc(COC3CCCC(CN(CC(=O)O)Cc4ccccc4)C3)c(C)o2)cc1.O=C(O)C(F)(F)F. The van der Waals surface area contributed by atoms with Crippen LogP contribution in [0.25, 0.3) is 11.5 Å². The Kier molecular flexibility index (Phi) is 11.5. The van der Waals surface area contributed by atoms with E-state index in [2.05, 4.69) is 24.0 Å². The molecule has 1 aromatic heterocycles. The largest absolute Gasteiger partial charge is 0.490 e. The quantitative estimate of drug-likeness (QED) is 0.291. The lowest BCUT2D eigenvalue weighted by atomic mass is 9.86. The van der Waals surface area contributed by atoms with Gasteiger partial charge in [-0.3, -0.25) is 9.69 Å². The number of oxazole rings is 1. The highest BCUT2D eigenvalue weighted by molar-refractivity contribution is 5.73. The Hall–Kier alpha value is -3.70. The monoisotopic (exact) mass is 576 g/mol. The van der Waals surface area contributed by atoms with E-state index in [1.807, 2.05) is 54.3 Å². The molecule has 8 nitrogen and oxygen atoms in total. The van der Waals surface area contributed by atoms with Gasteiger partial charge in [0.25, 0.3) is 0 Å². The molecule has 41 heavy (non-hydrogen) atoms. The average molecular weight is 577 g/mol. The highest BCUT2D eigenvalue weighted by Crippen LogP contribution is 2.29. The van der Waals surface area contributed by atoms with Crippen LogP contribution in [-0.4, -0.2) is 57.4 Å². The molecule has 0 aliphatic heterocycles. The molecule has 3 aromatic rings. The molecular weight excluding hydrogens is 541 g/mol. The molecule has 1 heterocycles. The van der Waals surface area contributed by atoms with Gasteiger partial charge < -0.3 is 19.4 Å². The van der Waals surface area contributed by atoms with E-state index >= 15 is 0 Å². The van der Waals surface area contributed by atoms with Gasteiger partial charge in [-0.2, -0.15) is 13.2 Å². The van der Waals surface area contributed by atoms with Crippen molar-refractivity contribution in [3.8, 4) is 11.5 Å². The number of benzene rings is 2. The van der Waals surface area contributed by atoms with Crippen molar-refractivity contribution in [3.63, 3.8) is 0 Å². The van der Waals surface area contributed by atoms with Crippen LogP contribution in [0.2, 0.25) is 0 Å². The first-order valence-electron chi connectivity index (χ1n) is 13.3. The third kappa shape index (κ3) is 10.7. The predicted molar refractivity (Wildman–Crippen MR) is 145 cm³/mol. The van der Waals surface area contributed by atoms with E-state index in [-0.39, 0.29) is 12.6 Å². The van der Waals surface area contributed by atoms with Crippen LogP contribution in [0, 0.1) is 19.8 Å². The molecule has 0 radical (unpaired) electrons. The summed E-state index contributed by atoms with van der Waals surface area (Å²) in [6, 6.07) is 18.2. The highest BCUT2D eigenvalue weighted by Gasteiger charge is 2.38. The number of alkyl halides is 3. The normalized spacial score (nSPS) is 17.1. The molecule has 0 bridgehead atoms. The number of aromatic nitrogens is 1. The van der Waals surface area contributed by atoms with E-state index in [4.69, 9.17) is 19.1 Å². The number of aryl methyl sites for hydroxylation is 2. The van der Waals surface area contributed by atoms with Crippen molar-refractivity contribution in [2.75, 3.05) is 13.1 Å². The van der Waals surface area contributed by atoms with Crippen LogP contribution >= 0.6 is 0 Å². The average Bonchev–Trinajstić information content (AvgIpc) is 3.28. The summed E-state index contributed by atoms with van der Waals surface area (Å²) in [5, 5.41) is 16.5. The van der Waals surface area contributed by atoms with Gasteiger partial charge in [0, 0.05) is 18.7 Å². The molecule has 2 aromatic carbocycles. The van der Waals surface area contributed by atoms with Crippen molar-refractivity contribution in [1.82, 2.24) is 9.88 Å². The molecule has 2 unspecified atom stereocenters. The van der Waals surface area contributed by atoms with Crippen LogP contribution in [0.3, 0.4) is 0 Å². The van der Waals surface area contributed by atoms with Crippen molar-refractivity contribution in [1.29, 1.82) is 0 Å². The standard InChI is InChI=1S/C28H34N2O4.C2HF3O2/c1-20-11-13-24(14-12-20)28-29-26(21(2)34-28)19-33-25-10-6-9-23(15-25)17-30(18-27(31)32)16-22-7-4-3-5-8-22;3-2(4,5)1(6)7/h3-5,7-8,11-14,23,25H,6,9-10,15-19H2,1-2H3,(H,31,32);(H,6,7). The molecule has 4 rings (SSSR count). The number of rotatable bonds is 10. The molecular formula is C30H35F3N2O6. The van der Waals surface area contributed by atoms with Crippen molar-refractivity contribution >= 4 is 11.9 Å². The van der Waals surface area contributed by atoms with Gasteiger partial charge in [0.15, 0.2) is 0 Å². The van der Waals surface area contributed by atoms with Crippen LogP contribution in [0.15, 0.2) is 59.0 Å². The third-order valence-corrected chi connectivity index (χ3v) is 6.75. The van der Waals surface area contributed by atoms with Crippen LogP contribution in [-0.2, 0) is 27.5 Å². The number of hydrogen-bond donors (Lipinski definition) is 2. The van der Waals surface area contributed by atoms with E-state index < -0.39 is 18.1 Å². The van der Waals surface area contributed by atoms with Crippen LogP contribution < -0.4 is 0 Å². The predicted octanol–water partition coefficient (Wildman–Crippen LogP) is 6.25. The number of nitrogens with zero attached hydrogens (tertiary/aromatic N) is 2. The Morgan fingerprint density at radius 1 is 1.05 bits per heavy atom. The number of carboxylic acid groups (broad SMARTS) is 2. The zero-order valence-corrected chi connectivity index (χ0v) is 23.1. The van der Waals surface area contributed by atoms with Gasteiger partial charge in [0.2, 0.25) is 5.89 Å². The van der Waals surface area contributed by atoms with E-state index in [1.54, 1.807) is 0 Å². The summed E-state index contributed by atoms with van der Waals surface area (Å²) in [4.78, 5) is 27.0. The summed E-state index contributed by atoms with van der Waals surface area (Å²) in [6.45, 7) is 5.89. The molecule has 0 amide bonds. The second kappa shape index (κ2) is 14.8. The molecule has 2 N–H and O–H groups in total. The summed E-state index contributed by atoms with van der Waals surface area (Å²) in [5.74, 6) is -1.71. The Labute approximate surface area is 236 Å². The smallest absolute Gasteiger partial charge is 0.480 e. The minimum atomic E-state index is -5.08. The topological polar surface area (TPSA) is 113 Å². The zero-order valence-electron chi connectivity index (χ0n) is 23.1. The van der Waals surface area contributed by atoms with E-state index in [0.29, 0.717) is 25.0 Å². The number of ether oxygens (including phenoxy) is 1. The molecule has 0 spiro atoms. The summed E-state index contributed by atoms with van der Waals surface area (Å²) >= 11 is 0. The van der Waals surface area contributed by atoms with E-state index in [1.165, 1.54) is 5.56 Å². The number of hydrogen-bond acceptors (Lipinski definition) is 6. The molecule has 1 aliphatic rings. The Morgan fingerprint density at radius 3 is 2.32 bits per heavy atom. The van der Waals surface area contributed by atoms with Crippen molar-refractivity contribution < 1.29 is 42.1 Å². The zero-order chi connectivity index (χ0) is 30.0. The second-order valence-corrected chi connectivity index (χ2v) is 10.2. The minimum Gasteiger partial charge on any atom is -0.480 e. The Morgan fingerprint density at radius 2 is 1.71 bits per heavy atom. The molecule has 222 valence electrons. The number of carboxylic acids is 2. The first-order valence-corrected chi connectivity index (χ1v) is 13.3. The van der Waals surface area contributed by atoms with Gasteiger partial charge in [0.1, 0.15) is 11.5 Å². The summed E-state index contributed by atoms with van der Waals surface area (Å²) < 4.78 is 43.9. The maximum absolute atomic E-state index is 11.4. The van der Waals surface area contributed by atoms with Crippen LogP contribution in [0.1, 0.15) is 48.3 Å². The molecule has 1 saturated carbocycles. The van der Waals surface area contributed by atoms with Crippen molar-refractivity contribution in [3.05, 3.63) is 77.2 Å². The Bertz CT molecular complexity index is 1260. The maximum Gasteiger partial charge on any atom is 0.490 e.